The van der Waals surface area contributed by atoms with Crippen LogP contribution in [0.3, 0.4) is 0 Å². The molecule has 5 nitrogen and oxygen atoms in total. The van der Waals surface area contributed by atoms with Crippen molar-refractivity contribution in [3.8, 4) is 0 Å². The lowest BCUT2D eigenvalue weighted by atomic mass is 9.92. The molecule has 31 heavy (non-hydrogen) atoms. The van der Waals surface area contributed by atoms with Crippen molar-refractivity contribution in [2.24, 2.45) is 0 Å². The summed E-state index contributed by atoms with van der Waals surface area (Å²) in [4.78, 5) is 33.6. The fourth-order valence-electron chi connectivity index (χ4n) is 4.79. The number of nitrogens with one attached hydrogen (secondary N) is 1. The Bertz CT molecular complexity index is 1110. The fraction of sp³-hybridized carbons (Fsp3) is 0.346. The van der Waals surface area contributed by atoms with Gasteiger partial charge >= 0.3 is 0 Å². The molecule has 0 aliphatic heterocycles. The van der Waals surface area contributed by atoms with E-state index < -0.39 is 5.54 Å². The van der Waals surface area contributed by atoms with Crippen LogP contribution < -0.4 is 5.32 Å². The second kappa shape index (κ2) is 8.50. The number of para-hydroxylation sites is 2. The molecule has 1 saturated carbocycles. The molecule has 4 rings (SSSR count). The van der Waals surface area contributed by atoms with Crippen LogP contribution in [0.15, 0.2) is 54.6 Å². The third kappa shape index (κ3) is 3.80. The Balaban J connectivity index is 1.69. The van der Waals surface area contributed by atoms with Crippen LogP contribution >= 0.6 is 0 Å². The number of rotatable bonds is 5. The van der Waals surface area contributed by atoms with Crippen LogP contribution in [0.2, 0.25) is 0 Å². The number of hydrogen-bond donors (Lipinski definition) is 1. The molecule has 1 aromatic heterocycles. The molecule has 1 aliphatic rings. The predicted molar refractivity (Wildman–Crippen MR) is 124 cm³/mol. The van der Waals surface area contributed by atoms with E-state index in [2.05, 4.69) is 10.3 Å². The molecule has 1 fully saturated rings. The maximum absolute atomic E-state index is 13.7. The van der Waals surface area contributed by atoms with Crippen LogP contribution in [0.25, 0.3) is 10.9 Å². The third-order valence-electron chi connectivity index (χ3n) is 6.47. The van der Waals surface area contributed by atoms with Gasteiger partial charge in [-0.3, -0.25) is 9.59 Å². The van der Waals surface area contributed by atoms with E-state index in [1.165, 1.54) is 0 Å². The number of anilines is 1. The Labute approximate surface area is 183 Å². The minimum atomic E-state index is -0.853. The highest BCUT2D eigenvalue weighted by atomic mass is 16.2. The van der Waals surface area contributed by atoms with Crippen molar-refractivity contribution in [2.75, 3.05) is 11.9 Å². The van der Waals surface area contributed by atoms with Gasteiger partial charge in [0.2, 0.25) is 5.91 Å². The normalized spacial score (nSPS) is 15.1. The van der Waals surface area contributed by atoms with Gasteiger partial charge in [0, 0.05) is 17.6 Å². The summed E-state index contributed by atoms with van der Waals surface area (Å²) in [5.74, 6) is -0.287. The highest BCUT2D eigenvalue weighted by molar-refractivity contribution is 6.04. The maximum atomic E-state index is 13.7. The number of aryl methyl sites for hydroxylation is 2. The molecule has 160 valence electrons. The molecule has 2 amide bonds. The quantitative estimate of drug-likeness (QED) is 0.618. The summed E-state index contributed by atoms with van der Waals surface area (Å²) in [5.41, 5.74) is 3.19. The van der Waals surface area contributed by atoms with Crippen molar-refractivity contribution in [3.63, 3.8) is 0 Å². The van der Waals surface area contributed by atoms with Gasteiger partial charge in [0.25, 0.3) is 5.91 Å². The average Bonchev–Trinajstić information content (AvgIpc) is 3.27. The molecule has 5 heteroatoms. The summed E-state index contributed by atoms with van der Waals surface area (Å²) in [6.07, 6.45) is 3.18. The van der Waals surface area contributed by atoms with Gasteiger partial charge in [0.05, 0.1) is 5.52 Å². The second-order valence-corrected chi connectivity index (χ2v) is 8.40. The average molecular weight is 416 g/mol. The summed E-state index contributed by atoms with van der Waals surface area (Å²) >= 11 is 0. The van der Waals surface area contributed by atoms with Gasteiger partial charge in [-0.05, 0) is 56.9 Å². The monoisotopic (exact) mass is 415 g/mol. The zero-order valence-electron chi connectivity index (χ0n) is 18.4. The molecule has 1 N–H and O–H groups in total. The van der Waals surface area contributed by atoms with Crippen LogP contribution in [0.1, 0.15) is 54.2 Å². The summed E-state index contributed by atoms with van der Waals surface area (Å²) in [7, 11) is 0. The standard InChI is InChI=1S/C26H29N3O2/c1-4-29(24(30)22-15-14-20-12-5-6-13-21(20)27-22)26(16-7-8-17-26)25(31)28-23-18(2)10-9-11-19(23)3/h5-6,9-15H,4,7-8,16-17H2,1-3H3,(H,28,31). The van der Waals surface area contributed by atoms with Gasteiger partial charge in [0.15, 0.2) is 0 Å². The Hall–Kier alpha value is -3.21. The molecule has 0 spiro atoms. The minimum absolute atomic E-state index is 0.0987. The number of fused-ring (bicyclic) bond motifs is 1. The van der Waals surface area contributed by atoms with E-state index in [-0.39, 0.29) is 11.8 Å². The van der Waals surface area contributed by atoms with Gasteiger partial charge in [-0.1, -0.05) is 55.3 Å². The van der Waals surface area contributed by atoms with E-state index in [9.17, 15) is 9.59 Å². The van der Waals surface area contributed by atoms with E-state index in [1.54, 1.807) is 11.0 Å². The number of aromatic nitrogens is 1. The number of nitrogens with zero attached hydrogens (tertiary/aromatic N) is 2. The van der Waals surface area contributed by atoms with Crippen molar-refractivity contribution >= 4 is 28.4 Å². The Morgan fingerprint density at radius 2 is 1.65 bits per heavy atom. The van der Waals surface area contributed by atoms with Crippen molar-refractivity contribution < 1.29 is 9.59 Å². The van der Waals surface area contributed by atoms with E-state index in [0.29, 0.717) is 25.1 Å². The van der Waals surface area contributed by atoms with Gasteiger partial charge in [-0.25, -0.2) is 4.98 Å². The molecule has 3 aromatic rings. The van der Waals surface area contributed by atoms with Crippen molar-refractivity contribution in [3.05, 3.63) is 71.4 Å². The molecule has 0 radical (unpaired) electrons. The number of benzene rings is 2. The first-order valence-corrected chi connectivity index (χ1v) is 11.0. The lowest BCUT2D eigenvalue weighted by Gasteiger charge is -2.39. The maximum Gasteiger partial charge on any atom is 0.273 e. The lowest BCUT2D eigenvalue weighted by Crippen LogP contribution is -2.57. The smallest absolute Gasteiger partial charge is 0.273 e. The largest absolute Gasteiger partial charge is 0.324 e. The molecule has 0 bridgehead atoms. The molecule has 0 unspecified atom stereocenters. The topological polar surface area (TPSA) is 62.3 Å². The number of hydrogen-bond acceptors (Lipinski definition) is 3. The third-order valence-corrected chi connectivity index (χ3v) is 6.47. The van der Waals surface area contributed by atoms with Gasteiger partial charge in [-0.2, -0.15) is 0 Å². The number of amides is 2. The van der Waals surface area contributed by atoms with Crippen LogP contribution in [-0.4, -0.2) is 33.8 Å². The zero-order valence-corrected chi connectivity index (χ0v) is 18.4. The van der Waals surface area contributed by atoms with Gasteiger partial charge in [-0.15, -0.1) is 0 Å². The molecule has 1 aliphatic carbocycles. The Morgan fingerprint density at radius 1 is 0.968 bits per heavy atom. The molecular formula is C26H29N3O2. The van der Waals surface area contributed by atoms with Crippen LogP contribution in [0.4, 0.5) is 5.69 Å². The highest BCUT2D eigenvalue weighted by Gasteiger charge is 2.48. The van der Waals surface area contributed by atoms with E-state index in [4.69, 9.17) is 0 Å². The van der Waals surface area contributed by atoms with E-state index in [1.807, 2.05) is 69.3 Å². The number of likely N-dealkylation sites (N-methyl/N-ethyl adjacent to an activating group) is 1. The number of pyridine rings is 1. The van der Waals surface area contributed by atoms with Crippen LogP contribution in [0, 0.1) is 13.8 Å². The van der Waals surface area contributed by atoms with Crippen molar-refractivity contribution in [2.45, 2.75) is 52.0 Å². The SMILES string of the molecule is CCN(C(=O)c1ccc2ccccc2n1)C1(C(=O)Nc2c(C)cccc2C)CCCC1. The first kappa shape index (κ1) is 21.0. The Morgan fingerprint density at radius 3 is 2.32 bits per heavy atom. The van der Waals surface area contributed by atoms with E-state index in [0.717, 1.165) is 40.6 Å². The molecule has 0 atom stereocenters. The van der Waals surface area contributed by atoms with Crippen molar-refractivity contribution in [1.29, 1.82) is 0 Å². The number of carbonyl (C=O) groups is 2. The van der Waals surface area contributed by atoms with Gasteiger partial charge in [0.1, 0.15) is 11.2 Å². The number of carbonyl (C=O) groups excluding carboxylic acids is 2. The van der Waals surface area contributed by atoms with Gasteiger partial charge < -0.3 is 10.2 Å². The van der Waals surface area contributed by atoms with Crippen LogP contribution in [-0.2, 0) is 4.79 Å². The molecule has 0 saturated heterocycles. The molecule has 2 aromatic carbocycles. The summed E-state index contributed by atoms with van der Waals surface area (Å²) < 4.78 is 0. The summed E-state index contributed by atoms with van der Waals surface area (Å²) in [6.45, 7) is 6.37. The van der Waals surface area contributed by atoms with Crippen LogP contribution in [0.5, 0.6) is 0 Å². The molecular weight excluding hydrogens is 386 g/mol. The first-order chi connectivity index (χ1) is 15.0. The predicted octanol–water partition coefficient (Wildman–Crippen LogP) is 5.27. The van der Waals surface area contributed by atoms with Crippen molar-refractivity contribution in [1.82, 2.24) is 9.88 Å². The second-order valence-electron chi connectivity index (χ2n) is 8.40. The zero-order chi connectivity index (χ0) is 22.0. The summed E-state index contributed by atoms with van der Waals surface area (Å²) in [6, 6.07) is 17.4. The lowest BCUT2D eigenvalue weighted by molar-refractivity contribution is -0.126. The minimum Gasteiger partial charge on any atom is -0.324 e. The highest BCUT2D eigenvalue weighted by Crippen LogP contribution is 2.38. The Kier molecular flexibility index (Phi) is 5.77. The molecule has 1 heterocycles. The fourth-order valence-corrected chi connectivity index (χ4v) is 4.79. The van der Waals surface area contributed by atoms with E-state index >= 15 is 0 Å². The summed E-state index contributed by atoms with van der Waals surface area (Å²) in [5, 5.41) is 4.15. The first-order valence-electron chi connectivity index (χ1n) is 11.0.